The van der Waals surface area contributed by atoms with E-state index in [2.05, 4.69) is 19.2 Å². The van der Waals surface area contributed by atoms with Crippen molar-refractivity contribution in [3.63, 3.8) is 0 Å². The van der Waals surface area contributed by atoms with Crippen LogP contribution in [0.3, 0.4) is 0 Å². The van der Waals surface area contributed by atoms with Gasteiger partial charge in [-0.1, -0.05) is 24.6 Å². The average molecular weight is 260 g/mol. The van der Waals surface area contributed by atoms with Gasteiger partial charge in [0.1, 0.15) is 12.4 Å². The Kier molecular flexibility index (Phi) is 8.86. The molecule has 2 N–H and O–H groups in total. The molecule has 0 aromatic heterocycles. The maximum Gasteiger partial charge on any atom is 0.119 e. The van der Waals surface area contributed by atoms with Crippen LogP contribution in [0.5, 0.6) is 5.75 Å². The lowest BCUT2D eigenvalue weighted by Crippen LogP contribution is -2.34. The van der Waals surface area contributed by atoms with E-state index in [4.69, 9.17) is 9.84 Å². The van der Waals surface area contributed by atoms with Crippen molar-refractivity contribution in [2.45, 2.75) is 26.3 Å². The Morgan fingerprint density at radius 3 is 2.47 bits per heavy atom. The first-order chi connectivity index (χ1) is 7.76. The predicted molar refractivity (Wildman–Crippen MR) is 73.1 cm³/mol. The molecular formula is C13H22ClNO2. The molecule has 1 unspecified atom stereocenters. The molecule has 0 saturated heterocycles. The number of aliphatic hydroxyl groups is 1. The third-order valence-electron chi connectivity index (χ3n) is 2.54. The van der Waals surface area contributed by atoms with Crippen LogP contribution in [-0.4, -0.2) is 30.9 Å². The molecule has 0 amide bonds. The molecular weight excluding hydrogens is 238 g/mol. The smallest absolute Gasteiger partial charge is 0.119 e. The largest absolute Gasteiger partial charge is 0.492 e. The van der Waals surface area contributed by atoms with Gasteiger partial charge in [-0.3, -0.25) is 0 Å². The summed E-state index contributed by atoms with van der Waals surface area (Å²) in [6, 6.07) is 8.19. The molecule has 0 radical (unpaired) electrons. The molecule has 0 saturated carbocycles. The molecule has 0 heterocycles. The first-order valence-electron chi connectivity index (χ1n) is 5.80. The van der Waals surface area contributed by atoms with Gasteiger partial charge in [0.05, 0.1) is 6.61 Å². The van der Waals surface area contributed by atoms with Gasteiger partial charge in [-0.25, -0.2) is 0 Å². The molecule has 0 spiro atoms. The molecule has 0 fully saturated rings. The van der Waals surface area contributed by atoms with E-state index in [1.807, 2.05) is 24.3 Å². The Morgan fingerprint density at radius 1 is 1.29 bits per heavy atom. The fourth-order valence-corrected chi connectivity index (χ4v) is 1.40. The molecule has 1 rings (SSSR count). The standard InChI is InChI=1S/C13H21NO2.ClH/c1-3-12(10-15)14-8-9-16-13-6-4-11(2)5-7-13;/h4-7,12,14-15H,3,8-10H2,1-2H3;1H. The zero-order chi connectivity index (χ0) is 11.8. The van der Waals surface area contributed by atoms with Gasteiger partial charge in [0.15, 0.2) is 0 Å². The Hall–Kier alpha value is -0.770. The Labute approximate surface area is 110 Å². The quantitative estimate of drug-likeness (QED) is 0.738. The third kappa shape index (κ3) is 6.51. The van der Waals surface area contributed by atoms with Crippen molar-refractivity contribution in [2.24, 2.45) is 0 Å². The number of nitrogens with one attached hydrogen (secondary N) is 1. The van der Waals surface area contributed by atoms with Gasteiger partial charge in [0.25, 0.3) is 0 Å². The zero-order valence-corrected chi connectivity index (χ0v) is 11.3. The highest BCUT2D eigenvalue weighted by Crippen LogP contribution is 2.10. The molecule has 0 aliphatic heterocycles. The third-order valence-corrected chi connectivity index (χ3v) is 2.54. The van der Waals surface area contributed by atoms with Crippen LogP contribution < -0.4 is 10.1 Å². The molecule has 1 atom stereocenters. The van der Waals surface area contributed by atoms with Crippen LogP contribution in [0.4, 0.5) is 0 Å². The van der Waals surface area contributed by atoms with Crippen LogP contribution in [0.2, 0.25) is 0 Å². The van der Waals surface area contributed by atoms with Crippen LogP contribution in [-0.2, 0) is 0 Å². The highest BCUT2D eigenvalue weighted by Gasteiger charge is 2.02. The van der Waals surface area contributed by atoms with Gasteiger partial charge < -0.3 is 15.2 Å². The second-order valence-corrected chi connectivity index (χ2v) is 3.90. The van der Waals surface area contributed by atoms with Gasteiger partial charge in [-0.05, 0) is 25.5 Å². The van der Waals surface area contributed by atoms with Gasteiger partial charge >= 0.3 is 0 Å². The lowest BCUT2D eigenvalue weighted by molar-refractivity contribution is 0.227. The topological polar surface area (TPSA) is 41.5 Å². The summed E-state index contributed by atoms with van der Waals surface area (Å²) in [6.45, 7) is 5.67. The second kappa shape index (κ2) is 9.28. The number of hydrogen-bond donors (Lipinski definition) is 2. The fraction of sp³-hybridized carbons (Fsp3) is 0.538. The summed E-state index contributed by atoms with van der Waals surface area (Å²) in [5.74, 6) is 0.893. The van der Waals surface area contributed by atoms with Crippen LogP contribution in [0.1, 0.15) is 18.9 Å². The Balaban J connectivity index is 0.00000256. The van der Waals surface area contributed by atoms with E-state index < -0.39 is 0 Å². The van der Waals surface area contributed by atoms with Crippen molar-refractivity contribution in [1.82, 2.24) is 5.32 Å². The van der Waals surface area contributed by atoms with Gasteiger partial charge in [-0.15, -0.1) is 12.4 Å². The minimum atomic E-state index is 0. The highest BCUT2D eigenvalue weighted by atomic mass is 35.5. The molecule has 3 nitrogen and oxygen atoms in total. The summed E-state index contributed by atoms with van der Waals surface area (Å²) in [6.07, 6.45) is 0.932. The summed E-state index contributed by atoms with van der Waals surface area (Å²) in [7, 11) is 0. The van der Waals surface area contributed by atoms with Crippen molar-refractivity contribution in [3.8, 4) is 5.75 Å². The molecule has 0 aliphatic rings. The minimum Gasteiger partial charge on any atom is -0.492 e. The minimum absolute atomic E-state index is 0. The number of aryl methyl sites for hydroxylation is 1. The molecule has 4 heteroatoms. The van der Waals surface area contributed by atoms with E-state index in [1.54, 1.807) is 0 Å². The molecule has 0 aliphatic carbocycles. The number of ether oxygens (including phenoxy) is 1. The van der Waals surface area contributed by atoms with E-state index in [1.165, 1.54) is 5.56 Å². The first kappa shape index (κ1) is 16.2. The molecule has 1 aromatic rings. The fourth-order valence-electron chi connectivity index (χ4n) is 1.40. The SMILES string of the molecule is CCC(CO)NCCOc1ccc(C)cc1.Cl. The summed E-state index contributed by atoms with van der Waals surface area (Å²) in [5, 5.41) is 12.2. The van der Waals surface area contributed by atoms with Crippen molar-refractivity contribution < 1.29 is 9.84 Å². The van der Waals surface area contributed by atoms with E-state index in [-0.39, 0.29) is 25.1 Å². The normalized spacial score (nSPS) is 11.7. The van der Waals surface area contributed by atoms with Crippen molar-refractivity contribution in [1.29, 1.82) is 0 Å². The monoisotopic (exact) mass is 259 g/mol. The summed E-state index contributed by atoms with van der Waals surface area (Å²) in [4.78, 5) is 0. The Morgan fingerprint density at radius 2 is 1.94 bits per heavy atom. The van der Waals surface area contributed by atoms with Crippen LogP contribution >= 0.6 is 12.4 Å². The molecule has 17 heavy (non-hydrogen) atoms. The van der Waals surface area contributed by atoms with Gasteiger partial charge in [-0.2, -0.15) is 0 Å². The predicted octanol–water partition coefficient (Wildman–Crippen LogP) is 2.16. The van der Waals surface area contributed by atoms with Crippen molar-refractivity contribution >= 4 is 12.4 Å². The van der Waals surface area contributed by atoms with E-state index in [0.29, 0.717) is 6.61 Å². The number of benzene rings is 1. The van der Waals surface area contributed by atoms with E-state index in [9.17, 15) is 0 Å². The molecule has 1 aromatic carbocycles. The number of hydrogen-bond acceptors (Lipinski definition) is 3. The molecule has 98 valence electrons. The van der Waals surface area contributed by atoms with Crippen LogP contribution in [0, 0.1) is 6.92 Å². The van der Waals surface area contributed by atoms with Crippen LogP contribution in [0.25, 0.3) is 0 Å². The maximum absolute atomic E-state index is 8.97. The molecule has 0 bridgehead atoms. The number of aliphatic hydroxyl groups excluding tert-OH is 1. The summed E-state index contributed by atoms with van der Waals surface area (Å²) in [5.41, 5.74) is 1.23. The van der Waals surface area contributed by atoms with Crippen LogP contribution in [0.15, 0.2) is 24.3 Å². The highest BCUT2D eigenvalue weighted by molar-refractivity contribution is 5.85. The summed E-state index contributed by atoms with van der Waals surface area (Å²) < 4.78 is 5.56. The lowest BCUT2D eigenvalue weighted by Gasteiger charge is -2.14. The maximum atomic E-state index is 8.97. The van der Waals surface area contributed by atoms with E-state index in [0.717, 1.165) is 18.7 Å². The van der Waals surface area contributed by atoms with Gasteiger partial charge in [0.2, 0.25) is 0 Å². The van der Waals surface area contributed by atoms with Gasteiger partial charge in [0, 0.05) is 12.6 Å². The van der Waals surface area contributed by atoms with Crippen molar-refractivity contribution in [3.05, 3.63) is 29.8 Å². The zero-order valence-electron chi connectivity index (χ0n) is 10.5. The second-order valence-electron chi connectivity index (χ2n) is 3.90. The van der Waals surface area contributed by atoms with Crippen molar-refractivity contribution in [2.75, 3.05) is 19.8 Å². The lowest BCUT2D eigenvalue weighted by atomic mass is 10.2. The Bertz CT molecular complexity index is 286. The number of rotatable bonds is 7. The van der Waals surface area contributed by atoms with E-state index >= 15 is 0 Å². The first-order valence-corrected chi connectivity index (χ1v) is 5.80. The average Bonchev–Trinajstić information content (AvgIpc) is 2.32. The summed E-state index contributed by atoms with van der Waals surface area (Å²) >= 11 is 0. The number of halogens is 1.